The lowest BCUT2D eigenvalue weighted by atomic mass is 9.97. The van der Waals surface area contributed by atoms with E-state index in [2.05, 4.69) is 26.3 Å². The maximum atomic E-state index is 13.3. The molecule has 0 radical (unpaired) electrons. The Bertz CT molecular complexity index is 2250. The number of aromatic nitrogens is 3. The number of halogens is 3. The van der Waals surface area contributed by atoms with Gasteiger partial charge in [-0.2, -0.15) is 0 Å². The Morgan fingerprint density at radius 1 is 0.808 bits per heavy atom. The molecule has 2 aliphatic rings. The van der Waals surface area contributed by atoms with E-state index in [0.717, 1.165) is 24.0 Å². The summed E-state index contributed by atoms with van der Waals surface area (Å²) in [5.41, 5.74) is 5.65. The fourth-order valence-corrected chi connectivity index (χ4v) is 7.55. The van der Waals surface area contributed by atoms with Crippen molar-refractivity contribution < 1.29 is 14.3 Å². The third-order valence-electron chi connectivity index (χ3n) is 9.41. The number of hydrogen-bond acceptors (Lipinski definition) is 8. The second-order valence-electron chi connectivity index (χ2n) is 12.9. The van der Waals surface area contributed by atoms with Crippen molar-refractivity contribution in [3.8, 4) is 39.4 Å². The minimum atomic E-state index is -0.186. The summed E-state index contributed by atoms with van der Waals surface area (Å²) in [7, 11) is 1.58. The summed E-state index contributed by atoms with van der Waals surface area (Å²) in [6, 6.07) is 16.8. The van der Waals surface area contributed by atoms with Crippen LogP contribution in [0.2, 0.25) is 15.1 Å². The number of carbonyl (C=O) groups excluding carboxylic acids is 2. The third kappa shape index (κ3) is 7.65. The lowest BCUT2D eigenvalue weighted by molar-refractivity contribution is -0.120. The number of pyridine rings is 2. The molecule has 2 fully saturated rings. The number of carbonyl (C=O) groups is 2. The zero-order chi connectivity index (χ0) is 36.4. The number of ether oxygens (including phenoxy) is 1. The molecule has 0 unspecified atom stereocenters. The van der Waals surface area contributed by atoms with Crippen LogP contribution in [0.25, 0.3) is 39.2 Å². The van der Waals surface area contributed by atoms with Crippen molar-refractivity contribution in [3.63, 3.8) is 0 Å². The lowest BCUT2D eigenvalue weighted by Crippen LogP contribution is -2.36. The van der Waals surface area contributed by atoms with Crippen molar-refractivity contribution in [1.29, 1.82) is 0 Å². The molecule has 5 aromatic rings. The number of hydrogen-bond donors (Lipinski definition) is 4. The number of rotatable bonds is 12. The van der Waals surface area contributed by atoms with Gasteiger partial charge in [-0.15, -0.1) is 0 Å². The topological polar surface area (TPSA) is 139 Å². The van der Waals surface area contributed by atoms with Crippen molar-refractivity contribution in [2.24, 2.45) is 0 Å². The van der Waals surface area contributed by atoms with E-state index in [1.807, 2.05) is 30.3 Å². The molecule has 2 saturated heterocycles. The Kier molecular flexibility index (Phi) is 10.8. The van der Waals surface area contributed by atoms with Gasteiger partial charge in [-0.25, -0.2) is 9.97 Å². The summed E-state index contributed by atoms with van der Waals surface area (Å²) >= 11 is 20.9. The van der Waals surface area contributed by atoms with Crippen molar-refractivity contribution in [3.05, 3.63) is 104 Å². The summed E-state index contributed by atoms with van der Waals surface area (Å²) < 4.78 is 7.14. The van der Waals surface area contributed by atoms with Crippen LogP contribution in [-0.4, -0.2) is 58.5 Å². The molecule has 5 heterocycles. The normalized spacial score (nSPS) is 17.1. The van der Waals surface area contributed by atoms with E-state index < -0.39 is 0 Å². The van der Waals surface area contributed by atoms with Crippen LogP contribution in [0.5, 0.6) is 5.88 Å². The molecule has 0 bridgehead atoms. The van der Waals surface area contributed by atoms with E-state index in [1.54, 1.807) is 43.8 Å². The van der Waals surface area contributed by atoms with E-state index in [4.69, 9.17) is 44.5 Å². The Balaban J connectivity index is 1.13. The van der Waals surface area contributed by atoms with Crippen molar-refractivity contribution in [2.45, 2.75) is 50.9 Å². The molecule has 0 saturated carbocycles. The molecule has 11 nitrogen and oxygen atoms in total. The van der Waals surface area contributed by atoms with Gasteiger partial charge in [0, 0.05) is 102 Å². The summed E-state index contributed by atoms with van der Waals surface area (Å²) in [6.45, 7) is 2.09. The number of methoxy groups -OCH3 is 1. The van der Waals surface area contributed by atoms with Crippen LogP contribution >= 0.6 is 34.8 Å². The molecule has 7 rings (SSSR count). The molecule has 2 atom stereocenters. The Labute approximate surface area is 315 Å². The highest BCUT2D eigenvalue weighted by atomic mass is 35.5. The van der Waals surface area contributed by atoms with Gasteiger partial charge in [0.15, 0.2) is 0 Å². The summed E-state index contributed by atoms with van der Waals surface area (Å²) in [4.78, 5) is 45.6. The van der Waals surface area contributed by atoms with Gasteiger partial charge in [0.05, 0.1) is 22.8 Å². The first kappa shape index (κ1) is 35.9. The lowest BCUT2D eigenvalue weighted by Gasteiger charge is -2.16. The first-order valence-electron chi connectivity index (χ1n) is 17.0. The maximum absolute atomic E-state index is 13.3. The molecule has 4 N–H and O–H groups in total. The highest BCUT2D eigenvalue weighted by Crippen LogP contribution is 2.44. The van der Waals surface area contributed by atoms with Crippen LogP contribution in [0.1, 0.15) is 36.8 Å². The van der Waals surface area contributed by atoms with Crippen LogP contribution in [0.15, 0.2) is 71.8 Å². The van der Waals surface area contributed by atoms with Gasteiger partial charge in [-0.3, -0.25) is 18.8 Å². The molecule has 268 valence electrons. The molecule has 3 aromatic heterocycles. The van der Waals surface area contributed by atoms with Crippen LogP contribution in [-0.2, 0) is 22.7 Å². The van der Waals surface area contributed by atoms with Gasteiger partial charge < -0.3 is 26.0 Å². The largest absolute Gasteiger partial charge is 0.481 e. The van der Waals surface area contributed by atoms with E-state index in [9.17, 15) is 14.4 Å². The van der Waals surface area contributed by atoms with E-state index in [1.165, 1.54) is 4.40 Å². The zero-order valence-electron chi connectivity index (χ0n) is 28.3. The molecule has 2 amide bonds. The monoisotopic (exact) mass is 759 g/mol. The number of amides is 2. The molecular formula is C38H36Cl3N7O4. The molecular weight excluding hydrogens is 725 g/mol. The Morgan fingerprint density at radius 2 is 1.46 bits per heavy atom. The van der Waals surface area contributed by atoms with Gasteiger partial charge in [-0.1, -0.05) is 59.1 Å². The molecule has 2 aromatic carbocycles. The van der Waals surface area contributed by atoms with E-state index >= 15 is 0 Å². The minimum Gasteiger partial charge on any atom is -0.481 e. The van der Waals surface area contributed by atoms with Crippen LogP contribution in [0.3, 0.4) is 0 Å². The standard InChI is InChI=1S/C38H36Cl3N7O4/c1-52-37-22(16-42-19-25-6-9-33(49)45-25)5-8-31(47-37)28-4-2-3-27(35(28)40)30-15-24(39)14-29(36(30)41)21-11-12-48-32(13-21)44-18-23(38(48)51)17-43-20-26-7-10-34(50)46-26/h2-5,8,11-15,18,25-26,42-43H,6-7,9-10,16-17,19-20H2,1H3,(H,45,49)(H,46,50)/t25-,26-/m1/s1. The summed E-state index contributed by atoms with van der Waals surface area (Å²) in [5, 5.41) is 13.8. The van der Waals surface area contributed by atoms with Gasteiger partial charge in [0.25, 0.3) is 5.56 Å². The summed E-state index contributed by atoms with van der Waals surface area (Å²) in [5.74, 6) is 0.606. The van der Waals surface area contributed by atoms with E-state index in [-0.39, 0.29) is 29.5 Å². The SMILES string of the molecule is COc1nc(-c2cccc(-c3cc(Cl)cc(-c4ccn5c(=O)c(CNC[C@H]6CCC(=O)N6)cnc5c4)c3Cl)c2Cl)ccc1CNC[C@H]1CCC(=O)N1. The number of benzene rings is 2. The first-order chi connectivity index (χ1) is 25.2. The quantitative estimate of drug-likeness (QED) is 0.125. The molecule has 14 heteroatoms. The second kappa shape index (κ2) is 15.6. The summed E-state index contributed by atoms with van der Waals surface area (Å²) in [6.07, 6.45) is 5.92. The maximum Gasteiger partial charge on any atom is 0.262 e. The third-order valence-corrected chi connectivity index (χ3v) is 10.4. The predicted octanol–water partition coefficient (Wildman–Crippen LogP) is 5.80. The number of fused-ring (bicyclic) bond motifs is 1. The second-order valence-corrected chi connectivity index (χ2v) is 14.1. The Morgan fingerprint density at radius 3 is 2.13 bits per heavy atom. The molecule has 2 aliphatic heterocycles. The highest BCUT2D eigenvalue weighted by molar-refractivity contribution is 6.40. The van der Waals surface area contributed by atoms with Crippen LogP contribution in [0, 0.1) is 0 Å². The molecule has 0 spiro atoms. The fourth-order valence-electron chi connectivity index (χ4n) is 6.69. The number of nitrogens with zero attached hydrogens (tertiary/aromatic N) is 3. The van der Waals surface area contributed by atoms with Crippen LogP contribution < -0.4 is 31.6 Å². The van der Waals surface area contributed by atoms with Crippen molar-refractivity contribution in [2.75, 3.05) is 20.2 Å². The fraction of sp³-hybridized carbons (Fsp3) is 0.289. The predicted molar refractivity (Wildman–Crippen MR) is 203 cm³/mol. The minimum absolute atomic E-state index is 0.0526. The number of nitrogens with one attached hydrogen (secondary N) is 4. The van der Waals surface area contributed by atoms with E-state index in [0.29, 0.717) is 99.1 Å². The Hall–Kier alpha value is -4.52. The first-order valence-corrected chi connectivity index (χ1v) is 18.1. The highest BCUT2D eigenvalue weighted by Gasteiger charge is 2.22. The van der Waals surface area contributed by atoms with Gasteiger partial charge in [0.2, 0.25) is 17.7 Å². The average Bonchev–Trinajstić information content (AvgIpc) is 3.76. The van der Waals surface area contributed by atoms with Crippen LogP contribution in [0.4, 0.5) is 0 Å². The molecule has 52 heavy (non-hydrogen) atoms. The average molecular weight is 761 g/mol. The zero-order valence-corrected chi connectivity index (χ0v) is 30.5. The van der Waals surface area contributed by atoms with Crippen molar-refractivity contribution >= 4 is 52.3 Å². The van der Waals surface area contributed by atoms with Crippen molar-refractivity contribution in [1.82, 2.24) is 35.6 Å². The molecule has 0 aliphatic carbocycles. The van der Waals surface area contributed by atoms with Gasteiger partial charge in [-0.05, 0) is 48.7 Å². The smallest absolute Gasteiger partial charge is 0.262 e. The van der Waals surface area contributed by atoms with Gasteiger partial charge >= 0.3 is 0 Å². The van der Waals surface area contributed by atoms with Gasteiger partial charge in [0.1, 0.15) is 5.65 Å².